The van der Waals surface area contributed by atoms with E-state index in [4.69, 9.17) is 10.7 Å². The Morgan fingerprint density at radius 2 is 2.06 bits per heavy atom. The Labute approximate surface area is 107 Å². The summed E-state index contributed by atoms with van der Waals surface area (Å²) in [6, 6.07) is 5.57. The molecule has 0 N–H and O–H groups in total. The van der Waals surface area contributed by atoms with E-state index < -0.39 is 9.05 Å². The van der Waals surface area contributed by atoms with Crippen LogP contribution < -0.4 is 4.90 Å². The fourth-order valence-electron chi connectivity index (χ4n) is 2.29. The van der Waals surface area contributed by atoms with E-state index >= 15 is 0 Å². The van der Waals surface area contributed by atoms with Gasteiger partial charge in [-0.1, -0.05) is 0 Å². The van der Waals surface area contributed by atoms with Gasteiger partial charge in [0, 0.05) is 29.0 Å². The first-order valence-electron chi connectivity index (χ1n) is 5.74. The summed E-state index contributed by atoms with van der Waals surface area (Å²) < 4.78 is 22.6. The molecule has 1 aliphatic heterocycles. The topological polar surface area (TPSA) is 37.4 Å². The highest BCUT2D eigenvalue weighted by molar-refractivity contribution is 8.13. The molecule has 17 heavy (non-hydrogen) atoms. The van der Waals surface area contributed by atoms with E-state index in [2.05, 4.69) is 18.7 Å². The third-order valence-electron chi connectivity index (χ3n) is 3.11. The minimum Gasteiger partial charge on any atom is -0.369 e. The third-order valence-corrected chi connectivity index (χ3v) is 4.46. The molecular formula is C12H16ClNO2S. The number of rotatable bonds is 2. The van der Waals surface area contributed by atoms with Crippen molar-refractivity contribution in [2.75, 3.05) is 11.4 Å². The summed E-state index contributed by atoms with van der Waals surface area (Å²) in [7, 11) is 1.74. The minimum atomic E-state index is -3.62. The number of nitrogens with zero attached hydrogens (tertiary/aromatic N) is 1. The molecule has 0 aliphatic carbocycles. The molecule has 1 heterocycles. The summed E-state index contributed by atoms with van der Waals surface area (Å²) in [4.78, 5) is 2.49. The second kappa shape index (κ2) is 4.50. The van der Waals surface area contributed by atoms with Crippen molar-refractivity contribution in [2.45, 2.75) is 37.6 Å². The lowest BCUT2D eigenvalue weighted by atomic mass is 10.0. The van der Waals surface area contributed by atoms with Crippen molar-refractivity contribution in [3.63, 3.8) is 0 Å². The van der Waals surface area contributed by atoms with Crippen molar-refractivity contribution in [3.05, 3.63) is 23.8 Å². The normalized spacial score (nSPS) is 16.1. The largest absolute Gasteiger partial charge is 0.369 e. The van der Waals surface area contributed by atoms with Crippen LogP contribution in [0.15, 0.2) is 23.1 Å². The van der Waals surface area contributed by atoms with Crippen LogP contribution in [0.2, 0.25) is 0 Å². The molecule has 0 spiro atoms. The molecule has 1 aromatic carbocycles. The number of hydrogen-bond acceptors (Lipinski definition) is 3. The lowest BCUT2D eigenvalue weighted by molar-refractivity contribution is 0.607. The Kier molecular flexibility index (Phi) is 3.36. The van der Waals surface area contributed by atoms with Crippen molar-refractivity contribution in [1.82, 2.24) is 0 Å². The van der Waals surface area contributed by atoms with Crippen LogP contribution in [0.3, 0.4) is 0 Å². The van der Waals surface area contributed by atoms with Crippen LogP contribution >= 0.6 is 10.7 Å². The predicted molar refractivity (Wildman–Crippen MR) is 70.3 cm³/mol. The van der Waals surface area contributed by atoms with E-state index in [1.54, 1.807) is 12.1 Å². The molecule has 5 heteroatoms. The van der Waals surface area contributed by atoms with Crippen molar-refractivity contribution >= 4 is 25.4 Å². The molecule has 3 nitrogen and oxygen atoms in total. The molecule has 2 rings (SSSR count). The first-order chi connectivity index (χ1) is 7.89. The van der Waals surface area contributed by atoms with Gasteiger partial charge in [0.1, 0.15) is 0 Å². The molecule has 0 radical (unpaired) electrons. The molecule has 0 fully saturated rings. The minimum absolute atomic E-state index is 0.198. The lowest BCUT2D eigenvalue weighted by Crippen LogP contribution is -2.35. The first-order valence-corrected chi connectivity index (χ1v) is 8.05. The molecular weight excluding hydrogens is 258 g/mol. The van der Waals surface area contributed by atoms with E-state index in [-0.39, 0.29) is 4.90 Å². The highest BCUT2D eigenvalue weighted by atomic mass is 35.7. The number of anilines is 1. The first kappa shape index (κ1) is 12.7. The molecule has 1 aromatic rings. The second-order valence-corrected chi connectivity index (χ2v) is 7.19. The zero-order valence-corrected chi connectivity index (χ0v) is 11.6. The molecule has 0 saturated carbocycles. The molecule has 0 saturated heterocycles. The predicted octanol–water partition coefficient (Wildman–Crippen LogP) is 2.78. The van der Waals surface area contributed by atoms with Gasteiger partial charge in [0.2, 0.25) is 0 Å². The van der Waals surface area contributed by atoms with Crippen molar-refractivity contribution in [2.24, 2.45) is 0 Å². The highest BCUT2D eigenvalue weighted by Gasteiger charge is 2.21. The molecule has 0 aromatic heterocycles. The monoisotopic (exact) mass is 273 g/mol. The van der Waals surface area contributed by atoms with Crippen LogP contribution in [0, 0.1) is 0 Å². The molecule has 1 aliphatic rings. The summed E-state index contributed by atoms with van der Waals surface area (Å²) in [6.07, 6.45) is 1.97. The Morgan fingerprint density at radius 1 is 1.35 bits per heavy atom. The van der Waals surface area contributed by atoms with Gasteiger partial charge in [0.25, 0.3) is 9.05 Å². The molecule has 0 bridgehead atoms. The maximum absolute atomic E-state index is 11.3. The van der Waals surface area contributed by atoms with Gasteiger partial charge in [0.15, 0.2) is 0 Å². The lowest BCUT2D eigenvalue weighted by Gasteiger charge is -2.34. The van der Waals surface area contributed by atoms with Gasteiger partial charge in [-0.3, -0.25) is 0 Å². The average Bonchev–Trinajstić information content (AvgIpc) is 2.26. The van der Waals surface area contributed by atoms with Gasteiger partial charge in [0.05, 0.1) is 4.90 Å². The van der Waals surface area contributed by atoms with Gasteiger partial charge in [-0.2, -0.15) is 0 Å². The maximum Gasteiger partial charge on any atom is 0.261 e. The van der Waals surface area contributed by atoms with Crippen LogP contribution in [0.1, 0.15) is 25.8 Å². The summed E-state index contributed by atoms with van der Waals surface area (Å²) in [5.74, 6) is 0. The van der Waals surface area contributed by atoms with Gasteiger partial charge >= 0.3 is 0 Å². The number of benzene rings is 1. The van der Waals surface area contributed by atoms with E-state index in [9.17, 15) is 8.42 Å². The fraction of sp³-hybridized carbons (Fsp3) is 0.500. The zero-order chi connectivity index (χ0) is 12.6. The second-order valence-electron chi connectivity index (χ2n) is 4.62. The summed E-state index contributed by atoms with van der Waals surface area (Å²) in [5.41, 5.74) is 2.21. The van der Waals surface area contributed by atoms with Crippen LogP contribution in [0.5, 0.6) is 0 Å². The van der Waals surface area contributed by atoms with Crippen molar-refractivity contribution in [3.8, 4) is 0 Å². The van der Waals surface area contributed by atoms with Crippen molar-refractivity contribution < 1.29 is 8.42 Å². The Bertz CT molecular complexity index is 525. The van der Waals surface area contributed by atoms with E-state index in [0.29, 0.717) is 6.04 Å². The average molecular weight is 274 g/mol. The SMILES string of the molecule is CC(C)N1CCCc2cc(S(=O)(=O)Cl)ccc21. The Balaban J connectivity index is 2.47. The molecule has 0 amide bonds. The number of fused-ring (bicyclic) bond motifs is 1. The zero-order valence-electron chi connectivity index (χ0n) is 9.98. The summed E-state index contributed by atoms with van der Waals surface area (Å²) in [5, 5.41) is 0. The number of aryl methyl sites for hydroxylation is 1. The fourth-order valence-corrected chi connectivity index (χ4v) is 3.09. The standard InChI is InChI=1S/C12H16ClNO2S/c1-9(2)14-7-3-4-10-8-11(17(13,15)16)5-6-12(10)14/h5-6,8-9H,3-4,7H2,1-2H3. The molecule has 94 valence electrons. The number of halogens is 1. The van der Waals surface area contributed by atoms with Crippen LogP contribution in [0.25, 0.3) is 0 Å². The maximum atomic E-state index is 11.3. The smallest absolute Gasteiger partial charge is 0.261 e. The van der Waals surface area contributed by atoms with Crippen LogP contribution in [-0.4, -0.2) is 21.0 Å². The quantitative estimate of drug-likeness (QED) is 0.778. The van der Waals surface area contributed by atoms with Gasteiger partial charge < -0.3 is 4.90 Å². The van der Waals surface area contributed by atoms with Crippen LogP contribution in [-0.2, 0) is 15.5 Å². The van der Waals surface area contributed by atoms with Crippen molar-refractivity contribution in [1.29, 1.82) is 0 Å². The summed E-state index contributed by atoms with van der Waals surface area (Å²) in [6.45, 7) is 5.31. The summed E-state index contributed by atoms with van der Waals surface area (Å²) >= 11 is 0. The molecule has 0 atom stereocenters. The van der Waals surface area contributed by atoms with E-state index in [1.165, 1.54) is 0 Å². The Morgan fingerprint density at radius 3 is 2.65 bits per heavy atom. The van der Waals surface area contributed by atoms with Gasteiger partial charge in [-0.05, 0) is 50.5 Å². The number of hydrogen-bond donors (Lipinski definition) is 0. The van der Waals surface area contributed by atoms with Gasteiger partial charge in [-0.15, -0.1) is 0 Å². The third kappa shape index (κ3) is 2.58. The Hall–Kier alpha value is -0.740. The van der Waals surface area contributed by atoms with Crippen LogP contribution in [0.4, 0.5) is 5.69 Å². The molecule has 0 unspecified atom stereocenters. The van der Waals surface area contributed by atoms with Gasteiger partial charge in [-0.25, -0.2) is 8.42 Å². The highest BCUT2D eigenvalue weighted by Crippen LogP contribution is 2.31. The van der Waals surface area contributed by atoms with E-state index in [1.807, 2.05) is 6.07 Å². The van der Waals surface area contributed by atoms with E-state index in [0.717, 1.165) is 30.6 Å².